The van der Waals surface area contributed by atoms with E-state index >= 15 is 0 Å². The van der Waals surface area contributed by atoms with Gasteiger partial charge in [-0.3, -0.25) is 9.59 Å². The number of amides is 2. The molecule has 0 saturated heterocycles. The van der Waals surface area contributed by atoms with E-state index in [1.54, 1.807) is 12.3 Å². The molecule has 0 bridgehead atoms. The van der Waals surface area contributed by atoms with Crippen molar-refractivity contribution < 1.29 is 14.0 Å². The van der Waals surface area contributed by atoms with Crippen LogP contribution in [0.25, 0.3) is 0 Å². The summed E-state index contributed by atoms with van der Waals surface area (Å²) in [7, 11) is 0. The summed E-state index contributed by atoms with van der Waals surface area (Å²) in [4.78, 5) is 23.0. The lowest BCUT2D eigenvalue weighted by Crippen LogP contribution is -2.16. The fraction of sp³-hybridized carbons (Fsp3) is 0.200. The molecule has 5 nitrogen and oxygen atoms in total. The largest absolute Gasteiger partial charge is 0.468 e. The van der Waals surface area contributed by atoms with E-state index < -0.39 is 0 Å². The van der Waals surface area contributed by atoms with Gasteiger partial charge in [0.1, 0.15) is 12.2 Å². The van der Waals surface area contributed by atoms with E-state index in [0.717, 1.165) is 16.9 Å². The second kappa shape index (κ2) is 5.37. The molecule has 1 aromatic carbocycles. The SMILES string of the molecule is Cc1ccoc1C(Br)c1ccc2c(c1)NC(=O)CC(=O)N2. The zero-order chi connectivity index (χ0) is 15.0. The average Bonchev–Trinajstić information content (AvgIpc) is 2.79. The maximum Gasteiger partial charge on any atom is 0.233 e. The van der Waals surface area contributed by atoms with Crippen molar-refractivity contribution >= 4 is 39.1 Å². The van der Waals surface area contributed by atoms with Crippen LogP contribution < -0.4 is 10.6 Å². The molecule has 2 N–H and O–H groups in total. The van der Waals surface area contributed by atoms with E-state index in [1.165, 1.54) is 0 Å². The van der Waals surface area contributed by atoms with Crippen LogP contribution in [0.1, 0.15) is 28.1 Å². The first-order valence-electron chi connectivity index (χ1n) is 6.46. The summed E-state index contributed by atoms with van der Waals surface area (Å²) in [5.74, 6) is 0.193. The van der Waals surface area contributed by atoms with Crippen LogP contribution in [-0.2, 0) is 9.59 Å². The molecule has 21 heavy (non-hydrogen) atoms. The molecule has 1 aromatic heterocycles. The highest BCUT2D eigenvalue weighted by Gasteiger charge is 2.21. The fourth-order valence-electron chi connectivity index (χ4n) is 2.26. The number of carbonyl (C=O) groups excluding carboxylic acids is 2. The molecule has 6 heteroatoms. The Labute approximate surface area is 129 Å². The quantitative estimate of drug-likeness (QED) is 0.645. The standard InChI is InChI=1S/C15H13BrN2O3/c1-8-4-5-21-15(8)14(16)9-2-3-10-11(6-9)18-13(20)7-12(19)17-10/h2-6,14H,7H2,1H3,(H,17,19)(H,18,20). The molecule has 0 spiro atoms. The Bertz CT molecular complexity index is 723. The minimum absolute atomic E-state index is 0.117. The Balaban J connectivity index is 1.98. The van der Waals surface area contributed by atoms with Gasteiger partial charge in [-0.25, -0.2) is 0 Å². The summed E-state index contributed by atoms with van der Waals surface area (Å²) >= 11 is 3.60. The van der Waals surface area contributed by atoms with Crippen molar-refractivity contribution in [3.8, 4) is 0 Å². The zero-order valence-electron chi connectivity index (χ0n) is 11.3. The van der Waals surface area contributed by atoms with Crippen LogP contribution in [0.15, 0.2) is 34.9 Å². The first-order valence-corrected chi connectivity index (χ1v) is 7.38. The van der Waals surface area contributed by atoms with Crippen molar-refractivity contribution in [1.82, 2.24) is 0 Å². The van der Waals surface area contributed by atoms with Gasteiger partial charge in [-0.1, -0.05) is 22.0 Å². The van der Waals surface area contributed by atoms with Crippen molar-refractivity contribution in [1.29, 1.82) is 0 Å². The Morgan fingerprint density at radius 1 is 1.14 bits per heavy atom. The topological polar surface area (TPSA) is 71.3 Å². The normalized spacial score (nSPS) is 15.7. The molecule has 0 fully saturated rings. The maximum absolute atomic E-state index is 11.6. The second-order valence-electron chi connectivity index (χ2n) is 4.91. The van der Waals surface area contributed by atoms with Gasteiger partial charge in [-0.05, 0) is 36.2 Å². The third-order valence-corrected chi connectivity index (χ3v) is 4.28. The van der Waals surface area contributed by atoms with E-state index in [1.807, 2.05) is 25.1 Å². The van der Waals surface area contributed by atoms with Gasteiger partial charge in [0.2, 0.25) is 11.8 Å². The summed E-state index contributed by atoms with van der Waals surface area (Å²) in [5, 5.41) is 5.44. The number of anilines is 2. The predicted octanol–water partition coefficient (Wildman–Crippen LogP) is 3.35. The molecule has 1 unspecified atom stereocenters. The Kier molecular flexibility index (Phi) is 3.55. The number of nitrogens with one attached hydrogen (secondary N) is 2. The molecule has 1 aliphatic rings. The molecular formula is C15H13BrN2O3. The molecule has 0 radical (unpaired) electrons. The van der Waals surface area contributed by atoms with Gasteiger partial charge >= 0.3 is 0 Å². The number of aryl methyl sites for hydroxylation is 1. The predicted molar refractivity (Wildman–Crippen MR) is 82.5 cm³/mol. The highest BCUT2D eigenvalue weighted by molar-refractivity contribution is 9.09. The first kappa shape index (κ1) is 13.9. The number of halogens is 1. The number of fused-ring (bicyclic) bond motifs is 1. The maximum atomic E-state index is 11.6. The molecule has 108 valence electrons. The second-order valence-corrected chi connectivity index (χ2v) is 5.82. The van der Waals surface area contributed by atoms with Crippen molar-refractivity contribution in [2.75, 3.05) is 10.6 Å². The highest BCUT2D eigenvalue weighted by Crippen LogP contribution is 2.36. The minimum atomic E-state index is -0.316. The summed E-state index contributed by atoms with van der Waals surface area (Å²) < 4.78 is 5.48. The Morgan fingerprint density at radius 2 is 1.86 bits per heavy atom. The number of furan rings is 1. The minimum Gasteiger partial charge on any atom is -0.468 e. The molecule has 2 heterocycles. The number of hydrogen-bond donors (Lipinski definition) is 2. The van der Waals surface area contributed by atoms with Gasteiger partial charge in [0.25, 0.3) is 0 Å². The van der Waals surface area contributed by atoms with E-state index in [9.17, 15) is 9.59 Å². The number of rotatable bonds is 2. The van der Waals surface area contributed by atoms with Gasteiger partial charge < -0.3 is 15.1 Å². The molecule has 0 saturated carbocycles. The smallest absolute Gasteiger partial charge is 0.233 e. The van der Waals surface area contributed by atoms with Crippen molar-refractivity contribution in [3.05, 3.63) is 47.4 Å². The van der Waals surface area contributed by atoms with E-state index in [-0.39, 0.29) is 23.1 Å². The van der Waals surface area contributed by atoms with Gasteiger partial charge in [0, 0.05) is 0 Å². The molecular weight excluding hydrogens is 336 g/mol. The van der Waals surface area contributed by atoms with Crippen LogP contribution in [-0.4, -0.2) is 11.8 Å². The lowest BCUT2D eigenvalue weighted by atomic mass is 10.1. The number of carbonyl (C=O) groups is 2. The van der Waals surface area contributed by atoms with Crippen molar-refractivity contribution in [2.45, 2.75) is 18.2 Å². The first-order chi connectivity index (χ1) is 10.0. The van der Waals surface area contributed by atoms with Crippen LogP contribution in [0.4, 0.5) is 11.4 Å². The van der Waals surface area contributed by atoms with E-state index in [2.05, 4.69) is 26.6 Å². The zero-order valence-corrected chi connectivity index (χ0v) is 12.9. The molecule has 3 rings (SSSR count). The number of alkyl halides is 1. The molecule has 0 aliphatic carbocycles. The van der Waals surface area contributed by atoms with Crippen LogP contribution in [0.2, 0.25) is 0 Å². The van der Waals surface area contributed by atoms with Crippen molar-refractivity contribution in [3.63, 3.8) is 0 Å². The molecule has 1 aliphatic heterocycles. The third-order valence-electron chi connectivity index (χ3n) is 3.34. The summed E-state index contributed by atoms with van der Waals surface area (Å²) in [5.41, 5.74) is 3.18. The van der Waals surface area contributed by atoms with Gasteiger partial charge in [-0.15, -0.1) is 0 Å². The van der Waals surface area contributed by atoms with E-state index in [4.69, 9.17) is 4.42 Å². The highest BCUT2D eigenvalue weighted by atomic mass is 79.9. The summed E-state index contributed by atoms with van der Waals surface area (Å²) in [6.07, 6.45) is 1.48. The van der Waals surface area contributed by atoms with Crippen LogP contribution in [0.3, 0.4) is 0 Å². The summed E-state index contributed by atoms with van der Waals surface area (Å²) in [6.45, 7) is 1.97. The van der Waals surface area contributed by atoms with Crippen LogP contribution in [0, 0.1) is 6.92 Å². The lowest BCUT2D eigenvalue weighted by molar-refractivity contribution is -0.123. The molecule has 1 atom stereocenters. The van der Waals surface area contributed by atoms with E-state index in [0.29, 0.717) is 11.4 Å². The van der Waals surface area contributed by atoms with Gasteiger partial charge in [0.05, 0.1) is 22.5 Å². The van der Waals surface area contributed by atoms with Crippen LogP contribution >= 0.6 is 15.9 Å². The van der Waals surface area contributed by atoms with Gasteiger partial charge in [-0.2, -0.15) is 0 Å². The number of hydrogen-bond acceptors (Lipinski definition) is 3. The van der Waals surface area contributed by atoms with Crippen molar-refractivity contribution in [2.24, 2.45) is 0 Å². The summed E-state index contributed by atoms with van der Waals surface area (Å²) in [6, 6.07) is 7.40. The lowest BCUT2D eigenvalue weighted by Gasteiger charge is -2.13. The van der Waals surface area contributed by atoms with Gasteiger partial charge in [0.15, 0.2) is 0 Å². The van der Waals surface area contributed by atoms with Crippen LogP contribution in [0.5, 0.6) is 0 Å². The molecule has 2 amide bonds. The average molecular weight is 349 g/mol. The number of benzene rings is 1. The molecule has 2 aromatic rings. The Morgan fingerprint density at radius 3 is 2.52 bits per heavy atom. The monoisotopic (exact) mass is 348 g/mol. The Hall–Kier alpha value is -2.08. The fourth-order valence-corrected chi connectivity index (χ4v) is 3.02. The third kappa shape index (κ3) is 2.71.